The highest BCUT2D eigenvalue weighted by atomic mass is 32.1. The minimum Gasteiger partial charge on any atom is -0.493 e. The molecule has 1 amide bonds. The van der Waals surface area contributed by atoms with Gasteiger partial charge in [0.05, 0.1) is 21.3 Å². The Morgan fingerprint density at radius 3 is 2.16 bits per heavy atom. The van der Waals surface area contributed by atoms with E-state index in [1.54, 1.807) is 39.5 Å². The molecular weight excluding hydrogens is 414 g/mol. The molecule has 1 saturated carbocycles. The van der Waals surface area contributed by atoms with Crippen LogP contribution in [0.5, 0.6) is 17.2 Å². The molecule has 0 radical (unpaired) electrons. The first-order chi connectivity index (χ1) is 14.9. The van der Waals surface area contributed by atoms with Crippen LogP contribution in [0.2, 0.25) is 0 Å². The minimum atomic E-state index is -0.277. The topological polar surface area (TPSA) is 80.9 Å². The van der Waals surface area contributed by atoms with Crippen LogP contribution in [0.25, 0.3) is 6.08 Å². The van der Waals surface area contributed by atoms with Gasteiger partial charge in [0.25, 0.3) is 0 Å². The Morgan fingerprint density at radius 1 is 1.03 bits per heavy atom. The maximum atomic E-state index is 12.5. The Kier molecular flexibility index (Phi) is 9.91. The molecule has 1 atom stereocenters. The quantitative estimate of drug-likeness (QED) is 0.302. The van der Waals surface area contributed by atoms with Crippen molar-refractivity contribution in [3.8, 4) is 17.2 Å². The van der Waals surface area contributed by atoms with E-state index < -0.39 is 0 Å². The molecule has 1 aliphatic carbocycles. The van der Waals surface area contributed by atoms with Crippen LogP contribution in [-0.2, 0) is 4.79 Å². The molecule has 0 bridgehead atoms. The van der Waals surface area contributed by atoms with E-state index in [0.29, 0.717) is 28.4 Å². The van der Waals surface area contributed by atoms with E-state index in [1.165, 1.54) is 25.3 Å². The van der Waals surface area contributed by atoms with Crippen LogP contribution in [0.4, 0.5) is 0 Å². The number of nitrogens with one attached hydrogen (secondary N) is 3. The molecule has 1 fully saturated rings. The van der Waals surface area contributed by atoms with Crippen molar-refractivity contribution >= 4 is 29.3 Å². The zero-order valence-electron chi connectivity index (χ0n) is 19.1. The number of ether oxygens (including phenoxy) is 3. The molecule has 0 aromatic heterocycles. The average molecular weight is 450 g/mol. The second-order valence-electron chi connectivity index (χ2n) is 7.98. The highest BCUT2D eigenvalue weighted by Gasteiger charge is 2.19. The number of benzene rings is 1. The summed E-state index contributed by atoms with van der Waals surface area (Å²) in [7, 11) is 4.66. The first-order valence-electron chi connectivity index (χ1n) is 10.7. The van der Waals surface area contributed by atoms with Crippen LogP contribution in [0.15, 0.2) is 18.2 Å². The predicted octanol–water partition coefficient (Wildman–Crippen LogP) is 3.62. The zero-order chi connectivity index (χ0) is 22.8. The number of hydrogen-bond donors (Lipinski definition) is 3. The van der Waals surface area contributed by atoms with Crippen LogP contribution < -0.4 is 30.2 Å². The Labute approximate surface area is 190 Å². The van der Waals surface area contributed by atoms with Gasteiger partial charge >= 0.3 is 0 Å². The van der Waals surface area contributed by atoms with Crippen molar-refractivity contribution in [2.75, 3.05) is 21.3 Å². The van der Waals surface area contributed by atoms with Crippen molar-refractivity contribution in [3.05, 3.63) is 23.8 Å². The molecule has 31 heavy (non-hydrogen) atoms. The number of amides is 1. The third-order valence-electron chi connectivity index (χ3n) is 5.31. The molecule has 0 spiro atoms. The van der Waals surface area contributed by atoms with Crippen LogP contribution >= 0.6 is 12.2 Å². The summed E-state index contributed by atoms with van der Waals surface area (Å²) in [4.78, 5) is 12.5. The van der Waals surface area contributed by atoms with E-state index in [4.69, 9.17) is 26.4 Å². The van der Waals surface area contributed by atoms with Crippen LogP contribution in [0, 0.1) is 5.92 Å². The van der Waals surface area contributed by atoms with Gasteiger partial charge in [-0.1, -0.05) is 33.1 Å². The standard InChI is InChI=1S/C23H35N3O4S/c1-15(2)22(26-23(31)24-17-9-7-6-8-10-17)25-20(27)12-11-16-13-18(28-3)21(30-5)19(14-16)29-4/h11-15,17,22H,6-10H2,1-5H3,(H,25,27)(H2,24,26,31). The van der Waals surface area contributed by atoms with E-state index in [9.17, 15) is 4.79 Å². The first-order valence-corrected chi connectivity index (χ1v) is 11.1. The van der Waals surface area contributed by atoms with Crippen LogP contribution in [0.3, 0.4) is 0 Å². The van der Waals surface area contributed by atoms with Crippen molar-refractivity contribution in [2.45, 2.75) is 58.2 Å². The summed E-state index contributed by atoms with van der Waals surface area (Å²) in [5.74, 6) is 1.50. The van der Waals surface area contributed by atoms with Crippen molar-refractivity contribution in [2.24, 2.45) is 5.92 Å². The fraction of sp³-hybridized carbons (Fsp3) is 0.565. The molecule has 0 saturated heterocycles. The van der Waals surface area contributed by atoms with Crippen molar-refractivity contribution < 1.29 is 19.0 Å². The average Bonchev–Trinajstić information content (AvgIpc) is 2.76. The monoisotopic (exact) mass is 449 g/mol. The maximum Gasteiger partial charge on any atom is 0.245 e. The number of thiocarbonyl (C=S) groups is 1. The molecule has 0 aliphatic heterocycles. The SMILES string of the molecule is COc1cc(C=CC(=O)NC(NC(=S)NC2CCCCC2)C(C)C)cc(OC)c1OC. The number of methoxy groups -OCH3 is 3. The summed E-state index contributed by atoms with van der Waals surface area (Å²) in [5, 5.41) is 10.2. The highest BCUT2D eigenvalue weighted by Crippen LogP contribution is 2.38. The van der Waals surface area contributed by atoms with E-state index in [1.807, 2.05) is 13.8 Å². The van der Waals surface area contributed by atoms with E-state index in [-0.39, 0.29) is 18.0 Å². The Balaban J connectivity index is 1.99. The number of rotatable bonds is 9. The maximum absolute atomic E-state index is 12.5. The summed E-state index contributed by atoms with van der Waals surface area (Å²) in [5.41, 5.74) is 0.758. The fourth-order valence-electron chi connectivity index (χ4n) is 3.56. The highest BCUT2D eigenvalue weighted by molar-refractivity contribution is 7.80. The second-order valence-corrected chi connectivity index (χ2v) is 8.38. The van der Waals surface area contributed by atoms with Crippen molar-refractivity contribution in [1.82, 2.24) is 16.0 Å². The molecule has 8 heteroatoms. The van der Waals surface area contributed by atoms with Crippen LogP contribution in [-0.4, -0.2) is 44.6 Å². The number of carbonyl (C=O) groups is 1. The summed E-state index contributed by atoms with van der Waals surface area (Å²) in [6.07, 6.45) is 8.94. The Morgan fingerprint density at radius 2 is 1.65 bits per heavy atom. The van der Waals surface area contributed by atoms with E-state index >= 15 is 0 Å². The third-order valence-corrected chi connectivity index (χ3v) is 5.54. The largest absolute Gasteiger partial charge is 0.493 e. The molecule has 1 unspecified atom stereocenters. The molecule has 7 nitrogen and oxygen atoms in total. The van der Waals surface area contributed by atoms with Gasteiger partial charge in [-0.15, -0.1) is 0 Å². The number of hydrogen-bond acceptors (Lipinski definition) is 5. The van der Waals surface area contributed by atoms with Crippen LogP contribution in [0.1, 0.15) is 51.5 Å². The first kappa shape index (κ1) is 24.8. The van der Waals surface area contributed by atoms with Gasteiger partial charge in [0.15, 0.2) is 16.6 Å². The lowest BCUT2D eigenvalue weighted by molar-refractivity contribution is -0.117. The van der Waals surface area contributed by atoms with Gasteiger partial charge in [-0.05, 0) is 54.7 Å². The lowest BCUT2D eigenvalue weighted by atomic mass is 9.96. The normalized spacial score (nSPS) is 15.4. The molecule has 1 aromatic rings. The van der Waals surface area contributed by atoms with Gasteiger partial charge in [-0.2, -0.15) is 0 Å². The smallest absolute Gasteiger partial charge is 0.245 e. The zero-order valence-corrected chi connectivity index (χ0v) is 19.9. The molecule has 3 N–H and O–H groups in total. The van der Waals surface area contributed by atoms with Gasteiger partial charge < -0.3 is 30.2 Å². The molecule has 1 aliphatic rings. The van der Waals surface area contributed by atoms with Crippen molar-refractivity contribution in [3.63, 3.8) is 0 Å². The summed E-state index contributed by atoms with van der Waals surface area (Å²) in [6.45, 7) is 4.06. The van der Waals surface area contributed by atoms with Gasteiger partial charge in [0, 0.05) is 12.1 Å². The van der Waals surface area contributed by atoms with E-state index in [2.05, 4.69) is 16.0 Å². The minimum absolute atomic E-state index is 0.157. The second kappa shape index (κ2) is 12.4. The molecular formula is C23H35N3O4S. The molecule has 1 aromatic carbocycles. The lowest BCUT2D eigenvalue weighted by Gasteiger charge is -2.28. The lowest BCUT2D eigenvalue weighted by Crippen LogP contribution is -2.55. The number of carbonyl (C=O) groups excluding carboxylic acids is 1. The third kappa shape index (κ3) is 7.61. The summed E-state index contributed by atoms with van der Waals surface area (Å²) in [6, 6.07) is 3.98. The molecule has 0 heterocycles. The Bertz CT molecular complexity index is 751. The summed E-state index contributed by atoms with van der Waals surface area (Å²) >= 11 is 5.47. The molecule has 172 valence electrons. The summed E-state index contributed by atoms with van der Waals surface area (Å²) < 4.78 is 16.0. The Hall–Kier alpha value is -2.48. The molecule has 2 rings (SSSR count). The fourth-order valence-corrected chi connectivity index (χ4v) is 3.85. The van der Waals surface area contributed by atoms with Gasteiger partial charge in [0.2, 0.25) is 11.7 Å². The predicted molar refractivity (Wildman–Crippen MR) is 128 cm³/mol. The van der Waals surface area contributed by atoms with Gasteiger partial charge in [0.1, 0.15) is 6.17 Å². The van der Waals surface area contributed by atoms with Crippen molar-refractivity contribution in [1.29, 1.82) is 0 Å². The van der Waals surface area contributed by atoms with E-state index in [0.717, 1.165) is 18.4 Å². The van der Waals surface area contributed by atoms with Gasteiger partial charge in [-0.3, -0.25) is 4.79 Å². The van der Waals surface area contributed by atoms with Gasteiger partial charge in [-0.25, -0.2) is 0 Å².